The monoisotopic (exact) mass is 306 g/mol. The number of fused-ring (bicyclic) bond motifs is 1. The van der Waals surface area contributed by atoms with Gasteiger partial charge in [-0.2, -0.15) is 5.10 Å². The third-order valence-corrected chi connectivity index (χ3v) is 3.97. The van der Waals surface area contributed by atoms with Crippen molar-refractivity contribution in [3.63, 3.8) is 0 Å². The van der Waals surface area contributed by atoms with E-state index in [0.29, 0.717) is 11.1 Å². The fourth-order valence-corrected chi connectivity index (χ4v) is 2.72. The highest BCUT2D eigenvalue weighted by atomic mass is 16.1. The Hall–Kier alpha value is -2.79. The second-order valence-corrected chi connectivity index (χ2v) is 5.37. The molecule has 5 heteroatoms. The zero-order valence-corrected chi connectivity index (χ0v) is 13.1. The number of H-pyrrole nitrogens is 1. The summed E-state index contributed by atoms with van der Waals surface area (Å²) in [6.45, 7) is 4.32. The average molecular weight is 306 g/mol. The van der Waals surface area contributed by atoms with Crippen LogP contribution in [0.4, 0.5) is 0 Å². The zero-order chi connectivity index (χ0) is 16.4. The maximum Gasteiger partial charge on any atom is 0.272 e. The molecule has 2 heterocycles. The van der Waals surface area contributed by atoms with Gasteiger partial charge in [-0.05, 0) is 42.7 Å². The van der Waals surface area contributed by atoms with E-state index in [2.05, 4.69) is 22.1 Å². The number of benzene rings is 1. The van der Waals surface area contributed by atoms with E-state index in [1.54, 1.807) is 0 Å². The van der Waals surface area contributed by atoms with E-state index >= 15 is 0 Å². The number of nitrogens with zero attached hydrogens (tertiary/aromatic N) is 2. The van der Waals surface area contributed by atoms with Crippen molar-refractivity contribution in [1.82, 2.24) is 15.2 Å². The van der Waals surface area contributed by atoms with Crippen LogP contribution in [0, 0.1) is 6.92 Å². The van der Waals surface area contributed by atoms with Gasteiger partial charge in [-0.3, -0.25) is 9.78 Å². The average Bonchev–Trinajstić information content (AvgIpc) is 2.57. The van der Waals surface area contributed by atoms with Crippen LogP contribution in [0.1, 0.15) is 23.7 Å². The number of pyridine rings is 1. The summed E-state index contributed by atoms with van der Waals surface area (Å²) in [7, 11) is 0. The van der Waals surface area contributed by atoms with Gasteiger partial charge in [-0.15, -0.1) is 0 Å². The first-order chi connectivity index (χ1) is 11.2. The number of aromatic amines is 1. The van der Waals surface area contributed by atoms with Crippen LogP contribution in [0.3, 0.4) is 0 Å². The number of aromatic nitrogens is 3. The molecule has 0 saturated carbocycles. The Morgan fingerprint density at radius 2 is 2.09 bits per heavy atom. The molecule has 2 aromatic heterocycles. The molecule has 3 rings (SSSR count). The topological polar surface area (TPSA) is 84.7 Å². The van der Waals surface area contributed by atoms with Gasteiger partial charge in [0, 0.05) is 29.9 Å². The fraction of sp³-hybridized carbons (Fsp3) is 0.167. The normalized spacial score (nSPS) is 11.4. The molecule has 3 aromatic rings. The summed E-state index contributed by atoms with van der Waals surface area (Å²) in [4.78, 5) is 16.2. The Morgan fingerprint density at radius 1 is 1.26 bits per heavy atom. The lowest BCUT2D eigenvalue weighted by Gasteiger charge is -2.10. The highest BCUT2D eigenvalue weighted by molar-refractivity contribution is 5.89. The Morgan fingerprint density at radius 3 is 2.83 bits per heavy atom. The van der Waals surface area contributed by atoms with Gasteiger partial charge >= 0.3 is 0 Å². The molecule has 0 spiro atoms. The van der Waals surface area contributed by atoms with Crippen molar-refractivity contribution in [2.45, 2.75) is 20.4 Å². The summed E-state index contributed by atoms with van der Waals surface area (Å²) in [6.07, 6.45) is 7.71. The second kappa shape index (κ2) is 6.14. The van der Waals surface area contributed by atoms with Crippen LogP contribution in [0.15, 0.2) is 41.5 Å². The lowest BCUT2D eigenvalue weighted by atomic mass is 9.97. The number of hydrogen-bond donors (Lipinski definition) is 2. The molecule has 0 bridgehead atoms. The smallest absolute Gasteiger partial charge is 0.272 e. The number of nitrogens with one attached hydrogen (secondary N) is 1. The first-order valence-corrected chi connectivity index (χ1v) is 7.44. The summed E-state index contributed by atoms with van der Waals surface area (Å²) >= 11 is 0. The lowest BCUT2D eigenvalue weighted by molar-refractivity contribution is 0.900. The van der Waals surface area contributed by atoms with Crippen molar-refractivity contribution in [2.75, 3.05) is 0 Å². The summed E-state index contributed by atoms with van der Waals surface area (Å²) in [5.41, 5.74) is 10.5. The van der Waals surface area contributed by atoms with Crippen molar-refractivity contribution in [3.8, 4) is 11.1 Å². The predicted molar refractivity (Wildman–Crippen MR) is 92.9 cm³/mol. The maximum atomic E-state index is 11.9. The van der Waals surface area contributed by atoms with Crippen LogP contribution in [0.5, 0.6) is 0 Å². The lowest BCUT2D eigenvalue weighted by Crippen LogP contribution is -2.13. The van der Waals surface area contributed by atoms with E-state index in [1.165, 1.54) is 0 Å². The molecule has 0 fully saturated rings. The van der Waals surface area contributed by atoms with Gasteiger partial charge in [0.1, 0.15) is 0 Å². The van der Waals surface area contributed by atoms with Gasteiger partial charge in [0.15, 0.2) is 0 Å². The van der Waals surface area contributed by atoms with Crippen LogP contribution in [0.25, 0.3) is 28.0 Å². The van der Waals surface area contributed by atoms with Crippen LogP contribution < -0.4 is 11.3 Å². The minimum Gasteiger partial charge on any atom is -0.325 e. The molecule has 23 heavy (non-hydrogen) atoms. The molecule has 116 valence electrons. The highest BCUT2D eigenvalue weighted by Crippen LogP contribution is 2.28. The largest absolute Gasteiger partial charge is 0.325 e. The first-order valence-electron chi connectivity index (χ1n) is 7.44. The zero-order valence-electron chi connectivity index (χ0n) is 13.1. The van der Waals surface area contributed by atoms with Crippen molar-refractivity contribution in [2.24, 2.45) is 5.73 Å². The summed E-state index contributed by atoms with van der Waals surface area (Å²) in [5.74, 6) is 0. The number of hydrogen-bond acceptors (Lipinski definition) is 4. The van der Waals surface area contributed by atoms with Crippen molar-refractivity contribution in [3.05, 3.63) is 63.8 Å². The molecule has 0 amide bonds. The summed E-state index contributed by atoms with van der Waals surface area (Å²) in [6, 6.07) is 5.71. The molecule has 0 saturated heterocycles. The van der Waals surface area contributed by atoms with Crippen molar-refractivity contribution < 1.29 is 0 Å². The van der Waals surface area contributed by atoms with E-state index in [-0.39, 0.29) is 12.1 Å². The Bertz CT molecular complexity index is 957. The number of nitrogens with two attached hydrogens (primary N) is 1. The molecular weight excluding hydrogens is 288 g/mol. The van der Waals surface area contributed by atoms with Gasteiger partial charge < -0.3 is 5.73 Å². The van der Waals surface area contributed by atoms with Gasteiger partial charge in [0.2, 0.25) is 0 Å². The minimum atomic E-state index is -0.207. The van der Waals surface area contributed by atoms with E-state index in [9.17, 15) is 4.79 Å². The summed E-state index contributed by atoms with van der Waals surface area (Å²) < 4.78 is 0. The fourth-order valence-electron chi connectivity index (χ4n) is 2.72. The van der Waals surface area contributed by atoms with Gasteiger partial charge in [0.25, 0.3) is 5.56 Å². The van der Waals surface area contributed by atoms with Crippen molar-refractivity contribution >= 4 is 16.8 Å². The molecule has 0 unspecified atom stereocenters. The number of rotatable bonds is 3. The Labute approximate surface area is 133 Å². The standard InChI is InChI=1S/C18H18N4O/c1-3-4-13-9-20-10-16(11(13)2)12-5-6-14-15(7-12)17(8-19)21-22-18(14)23/h3-7,9-10H,8,19H2,1-2H3,(H,22,23)/b4-3-. The van der Waals surface area contributed by atoms with E-state index in [0.717, 1.165) is 27.6 Å². The molecule has 0 aliphatic rings. The van der Waals surface area contributed by atoms with Gasteiger partial charge in [0.05, 0.1) is 11.1 Å². The summed E-state index contributed by atoms with van der Waals surface area (Å²) in [5, 5.41) is 7.90. The van der Waals surface area contributed by atoms with E-state index in [1.807, 2.05) is 49.7 Å². The highest BCUT2D eigenvalue weighted by Gasteiger charge is 2.10. The third kappa shape index (κ3) is 2.66. The molecule has 0 atom stereocenters. The van der Waals surface area contributed by atoms with Crippen LogP contribution in [0.2, 0.25) is 0 Å². The Kier molecular flexibility index (Phi) is 4.04. The predicted octanol–water partition coefficient (Wildman–Crippen LogP) is 2.79. The van der Waals surface area contributed by atoms with Crippen LogP contribution >= 0.6 is 0 Å². The molecule has 3 N–H and O–H groups in total. The van der Waals surface area contributed by atoms with Gasteiger partial charge in [-0.1, -0.05) is 18.2 Å². The maximum absolute atomic E-state index is 11.9. The molecule has 0 radical (unpaired) electrons. The molecular formula is C18H18N4O. The SMILES string of the molecule is C/C=C\c1cncc(-c2ccc3c(=O)[nH]nc(CN)c3c2)c1C. The van der Waals surface area contributed by atoms with E-state index < -0.39 is 0 Å². The molecule has 1 aromatic carbocycles. The van der Waals surface area contributed by atoms with Crippen LogP contribution in [-0.2, 0) is 6.54 Å². The quantitative estimate of drug-likeness (QED) is 0.779. The molecule has 0 aliphatic carbocycles. The van der Waals surface area contributed by atoms with Crippen LogP contribution in [-0.4, -0.2) is 15.2 Å². The van der Waals surface area contributed by atoms with E-state index in [4.69, 9.17) is 5.73 Å². The second-order valence-electron chi connectivity index (χ2n) is 5.37. The molecule has 5 nitrogen and oxygen atoms in total. The Balaban J connectivity index is 2.26. The third-order valence-electron chi connectivity index (χ3n) is 3.97. The van der Waals surface area contributed by atoms with Gasteiger partial charge in [-0.25, -0.2) is 5.10 Å². The first kappa shape index (κ1) is 15.1. The minimum absolute atomic E-state index is 0.207. The van der Waals surface area contributed by atoms with Crippen molar-refractivity contribution in [1.29, 1.82) is 0 Å². The number of allylic oxidation sites excluding steroid dienone is 1. The molecule has 0 aliphatic heterocycles.